The van der Waals surface area contributed by atoms with Crippen molar-refractivity contribution in [1.29, 1.82) is 0 Å². The SMILES string of the molecule is COc1cccc(N2CCN(C(=O)c3cc(S(=O)(=O)N4CCCCCC4)cn3C)CC2)c1. The smallest absolute Gasteiger partial charge is 0.270 e. The van der Waals surface area contributed by atoms with Crippen molar-refractivity contribution in [3.8, 4) is 5.75 Å². The van der Waals surface area contributed by atoms with Crippen molar-refractivity contribution in [2.45, 2.75) is 30.6 Å². The number of hydrogen-bond acceptors (Lipinski definition) is 5. The van der Waals surface area contributed by atoms with E-state index in [1.165, 1.54) is 6.07 Å². The second-order valence-electron chi connectivity index (χ2n) is 8.47. The van der Waals surface area contributed by atoms with Crippen LogP contribution in [0.5, 0.6) is 5.75 Å². The van der Waals surface area contributed by atoms with Crippen LogP contribution >= 0.6 is 0 Å². The first-order valence-electron chi connectivity index (χ1n) is 11.2. The molecule has 0 spiro atoms. The summed E-state index contributed by atoms with van der Waals surface area (Å²) in [7, 11) is -0.194. The minimum absolute atomic E-state index is 0.130. The minimum Gasteiger partial charge on any atom is -0.497 e. The molecule has 2 aliphatic rings. The lowest BCUT2D eigenvalue weighted by Crippen LogP contribution is -2.49. The van der Waals surface area contributed by atoms with Crippen LogP contribution in [0.2, 0.25) is 0 Å². The van der Waals surface area contributed by atoms with Crippen LogP contribution in [0.15, 0.2) is 41.4 Å². The van der Waals surface area contributed by atoms with Gasteiger partial charge in [0.2, 0.25) is 10.0 Å². The van der Waals surface area contributed by atoms with Gasteiger partial charge in [-0.1, -0.05) is 18.9 Å². The quantitative estimate of drug-likeness (QED) is 0.686. The zero-order valence-corrected chi connectivity index (χ0v) is 19.7. The van der Waals surface area contributed by atoms with Gasteiger partial charge in [0.15, 0.2) is 0 Å². The molecule has 3 heterocycles. The van der Waals surface area contributed by atoms with Crippen LogP contribution in [0.4, 0.5) is 5.69 Å². The average molecular weight is 461 g/mol. The Kier molecular flexibility index (Phi) is 6.76. The number of ether oxygens (including phenoxy) is 1. The summed E-state index contributed by atoms with van der Waals surface area (Å²) < 4.78 is 34.8. The number of anilines is 1. The van der Waals surface area contributed by atoms with Gasteiger partial charge in [0.25, 0.3) is 5.91 Å². The number of hydrogen-bond donors (Lipinski definition) is 0. The Morgan fingerprint density at radius 1 is 0.938 bits per heavy atom. The highest BCUT2D eigenvalue weighted by Gasteiger charge is 2.30. The molecule has 1 aromatic carbocycles. The molecule has 2 saturated heterocycles. The number of rotatable bonds is 5. The molecular weight excluding hydrogens is 428 g/mol. The summed E-state index contributed by atoms with van der Waals surface area (Å²) in [6, 6.07) is 9.45. The summed E-state index contributed by atoms with van der Waals surface area (Å²) in [5.41, 5.74) is 1.48. The molecule has 2 fully saturated rings. The summed E-state index contributed by atoms with van der Waals surface area (Å²) in [4.78, 5) is 17.4. The number of nitrogens with zero attached hydrogens (tertiary/aromatic N) is 4. The zero-order valence-electron chi connectivity index (χ0n) is 18.9. The second kappa shape index (κ2) is 9.54. The largest absolute Gasteiger partial charge is 0.497 e. The van der Waals surface area contributed by atoms with Crippen molar-refractivity contribution in [1.82, 2.24) is 13.8 Å². The van der Waals surface area contributed by atoms with Crippen LogP contribution in [0.25, 0.3) is 0 Å². The Morgan fingerprint density at radius 3 is 2.28 bits per heavy atom. The molecule has 0 saturated carbocycles. The molecule has 0 unspecified atom stereocenters. The summed E-state index contributed by atoms with van der Waals surface area (Å²) in [6.07, 6.45) is 5.46. The van der Waals surface area contributed by atoms with Crippen LogP contribution in [0.3, 0.4) is 0 Å². The van der Waals surface area contributed by atoms with Gasteiger partial charge in [-0.15, -0.1) is 0 Å². The predicted molar refractivity (Wildman–Crippen MR) is 124 cm³/mol. The summed E-state index contributed by atoms with van der Waals surface area (Å²) in [6.45, 7) is 3.68. The molecule has 9 heteroatoms. The van der Waals surface area contributed by atoms with E-state index in [1.54, 1.807) is 34.1 Å². The number of benzene rings is 1. The lowest BCUT2D eigenvalue weighted by Gasteiger charge is -2.36. The number of piperazine rings is 1. The zero-order chi connectivity index (χ0) is 22.7. The van der Waals surface area contributed by atoms with Gasteiger partial charge in [-0.3, -0.25) is 4.79 Å². The summed E-state index contributed by atoms with van der Waals surface area (Å²) in [5, 5.41) is 0. The van der Waals surface area contributed by atoms with Crippen molar-refractivity contribution >= 4 is 21.6 Å². The van der Waals surface area contributed by atoms with Crippen LogP contribution in [0.1, 0.15) is 36.2 Å². The van der Waals surface area contributed by atoms with Crippen molar-refractivity contribution in [3.05, 3.63) is 42.2 Å². The first kappa shape index (κ1) is 22.7. The molecule has 174 valence electrons. The maximum atomic E-state index is 13.2. The summed E-state index contributed by atoms with van der Waals surface area (Å²) >= 11 is 0. The molecule has 0 radical (unpaired) electrons. The van der Waals surface area contributed by atoms with E-state index < -0.39 is 10.0 Å². The fourth-order valence-corrected chi connectivity index (χ4v) is 6.04. The maximum absolute atomic E-state index is 13.2. The third-order valence-electron chi connectivity index (χ3n) is 6.39. The van der Waals surface area contributed by atoms with E-state index in [4.69, 9.17) is 4.74 Å². The van der Waals surface area contributed by atoms with E-state index >= 15 is 0 Å². The lowest BCUT2D eigenvalue weighted by molar-refractivity contribution is 0.0737. The monoisotopic (exact) mass is 460 g/mol. The first-order valence-corrected chi connectivity index (χ1v) is 12.7. The molecule has 2 aromatic rings. The van der Waals surface area contributed by atoms with Crippen molar-refractivity contribution in [2.75, 3.05) is 51.3 Å². The fraction of sp³-hybridized carbons (Fsp3) is 0.522. The third kappa shape index (κ3) is 4.63. The van der Waals surface area contributed by atoms with Gasteiger partial charge in [0.1, 0.15) is 16.3 Å². The van der Waals surface area contributed by atoms with E-state index in [1.807, 2.05) is 24.3 Å². The molecule has 8 nitrogen and oxygen atoms in total. The van der Waals surface area contributed by atoms with Gasteiger partial charge < -0.3 is 19.1 Å². The van der Waals surface area contributed by atoms with Crippen molar-refractivity contribution < 1.29 is 17.9 Å². The molecule has 32 heavy (non-hydrogen) atoms. The number of carbonyl (C=O) groups excluding carboxylic acids is 1. The fourth-order valence-electron chi connectivity index (χ4n) is 4.46. The highest BCUT2D eigenvalue weighted by Crippen LogP contribution is 2.25. The van der Waals surface area contributed by atoms with Gasteiger partial charge in [0, 0.05) is 64.3 Å². The molecular formula is C23H32N4O4S. The third-order valence-corrected chi connectivity index (χ3v) is 8.25. The van der Waals surface area contributed by atoms with Crippen LogP contribution in [-0.2, 0) is 17.1 Å². The predicted octanol–water partition coefficient (Wildman–Crippen LogP) is 2.56. The van der Waals surface area contributed by atoms with Crippen LogP contribution < -0.4 is 9.64 Å². The van der Waals surface area contributed by atoms with Crippen LogP contribution in [-0.4, -0.2) is 74.5 Å². The molecule has 1 amide bonds. The molecule has 0 aliphatic carbocycles. The minimum atomic E-state index is -3.58. The molecule has 4 rings (SSSR count). The van der Waals surface area contributed by atoms with Gasteiger partial charge in [-0.05, 0) is 31.0 Å². The Balaban J connectivity index is 1.44. The number of aryl methyl sites for hydroxylation is 1. The van der Waals surface area contributed by atoms with Gasteiger partial charge in [0.05, 0.1) is 7.11 Å². The Hall–Kier alpha value is -2.52. The molecule has 2 aliphatic heterocycles. The molecule has 0 bridgehead atoms. The Bertz CT molecular complexity index is 1050. The average Bonchev–Trinajstić information content (AvgIpc) is 3.01. The van der Waals surface area contributed by atoms with Gasteiger partial charge >= 0.3 is 0 Å². The molecule has 0 N–H and O–H groups in total. The van der Waals surface area contributed by atoms with E-state index in [0.717, 1.165) is 37.1 Å². The number of aromatic nitrogens is 1. The van der Waals surface area contributed by atoms with E-state index in [2.05, 4.69) is 4.90 Å². The number of amides is 1. The topological polar surface area (TPSA) is 75.1 Å². The number of methoxy groups -OCH3 is 1. The van der Waals surface area contributed by atoms with E-state index in [0.29, 0.717) is 45.0 Å². The molecule has 1 aromatic heterocycles. The highest BCUT2D eigenvalue weighted by molar-refractivity contribution is 7.89. The summed E-state index contributed by atoms with van der Waals surface area (Å²) in [5.74, 6) is 0.679. The lowest BCUT2D eigenvalue weighted by atomic mass is 10.2. The van der Waals surface area contributed by atoms with E-state index in [9.17, 15) is 13.2 Å². The maximum Gasteiger partial charge on any atom is 0.270 e. The normalized spacial score (nSPS) is 18.4. The number of sulfonamides is 1. The van der Waals surface area contributed by atoms with Crippen molar-refractivity contribution in [2.24, 2.45) is 7.05 Å². The van der Waals surface area contributed by atoms with Crippen molar-refractivity contribution in [3.63, 3.8) is 0 Å². The second-order valence-corrected chi connectivity index (χ2v) is 10.4. The molecule has 0 atom stereocenters. The van der Waals surface area contributed by atoms with Gasteiger partial charge in [-0.2, -0.15) is 4.31 Å². The highest BCUT2D eigenvalue weighted by atomic mass is 32.2. The number of carbonyl (C=O) groups is 1. The standard InChI is InChI=1S/C23H32N4O4S/c1-24-18-21(32(29,30)27-10-5-3-4-6-11-27)17-22(24)23(28)26-14-12-25(13-15-26)19-8-7-9-20(16-19)31-2/h7-9,16-18H,3-6,10-15H2,1-2H3. The first-order chi connectivity index (χ1) is 15.4. The van der Waals surface area contributed by atoms with Gasteiger partial charge in [-0.25, -0.2) is 8.42 Å². The Labute approximate surface area is 190 Å². The Morgan fingerprint density at radius 2 is 1.62 bits per heavy atom. The van der Waals surface area contributed by atoms with E-state index in [-0.39, 0.29) is 10.8 Å². The van der Waals surface area contributed by atoms with Crippen LogP contribution in [0, 0.1) is 0 Å².